The van der Waals surface area contributed by atoms with Crippen molar-refractivity contribution in [2.24, 2.45) is 0 Å². The van der Waals surface area contributed by atoms with Crippen molar-refractivity contribution >= 4 is 21.4 Å². The Balaban J connectivity index is 2.00. The lowest BCUT2D eigenvalue weighted by Gasteiger charge is -2.08. The van der Waals surface area contributed by atoms with E-state index in [2.05, 4.69) is 14.9 Å². The SMILES string of the molecule is CS(=O)(=O)Nc1ccc(-c2ccc3nnc(C(F)(F)F)n3c2)cc1. The molecule has 2 heterocycles. The fourth-order valence-corrected chi connectivity index (χ4v) is 2.76. The Morgan fingerprint density at radius 1 is 1.00 bits per heavy atom. The predicted octanol–water partition coefficient (Wildman–Crippen LogP) is 2.79. The van der Waals surface area contributed by atoms with Crippen molar-refractivity contribution in [3.05, 3.63) is 48.4 Å². The monoisotopic (exact) mass is 356 g/mol. The Morgan fingerprint density at radius 3 is 2.21 bits per heavy atom. The van der Waals surface area contributed by atoms with Crippen LogP contribution in [0.25, 0.3) is 16.8 Å². The van der Waals surface area contributed by atoms with Gasteiger partial charge in [0.05, 0.1) is 6.26 Å². The summed E-state index contributed by atoms with van der Waals surface area (Å²) in [7, 11) is -3.39. The van der Waals surface area contributed by atoms with E-state index in [0.717, 1.165) is 10.7 Å². The molecule has 0 saturated carbocycles. The van der Waals surface area contributed by atoms with Gasteiger partial charge in [0.2, 0.25) is 15.8 Å². The highest BCUT2D eigenvalue weighted by Gasteiger charge is 2.36. The van der Waals surface area contributed by atoms with Crippen LogP contribution in [-0.2, 0) is 16.2 Å². The lowest BCUT2D eigenvalue weighted by molar-refractivity contribution is -0.145. The van der Waals surface area contributed by atoms with Gasteiger partial charge in [0.25, 0.3) is 0 Å². The van der Waals surface area contributed by atoms with Gasteiger partial charge < -0.3 is 0 Å². The van der Waals surface area contributed by atoms with Crippen molar-refractivity contribution < 1.29 is 21.6 Å². The quantitative estimate of drug-likeness (QED) is 0.783. The molecule has 0 atom stereocenters. The predicted molar refractivity (Wildman–Crippen MR) is 81.9 cm³/mol. The van der Waals surface area contributed by atoms with E-state index in [9.17, 15) is 21.6 Å². The summed E-state index contributed by atoms with van der Waals surface area (Å²) in [6.45, 7) is 0. The summed E-state index contributed by atoms with van der Waals surface area (Å²) in [5, 5.41) is 6.66. The fourth-order valence-electron chi connectivity index (χ4n) is 2.20. The molecule has 0 bridgehead atoms. The molecule has 1 aromatic carbocycles. The van der Waals surface area contributed by atoms with E-state index >= 15 is 0 Å². The maximum atomic E-state index is 12.9. The largest absolute Gasteiger partial charge is 0.452 e. The molecule has 3 aromatic rings. The number of anilines is 1. The molecule has 0 saturated heterocycles. The van der Waals surface area contributed by atoms with Crippen molar-refractivity contribution in [2.45, 2.75) is 6.18 Å². The number of aromatic nitrogens is 3. The number of alkyl halides is 3. The molecule has 24 heavy (non-hydrogen) atoms. The van der Waals surface area contributed by atoms with Crippen LogP contribution in [0.1, 0.15) is 5.82 Å². The first-order chi connectivity index (χ1) is 11.1. The Morgan fingerprint density at radius 2 is 1.62 bits per heavy atom. The fraction of sp³-hybridized carbons (Fsp3) is 0.143. The summed E-state index contributed by atoms with van der Waals surface area (Å²) in [5.41, 5.74) is 1.58. The molecular formula is C14H11F3N4O2S. The minimum absolute atomic E-state index is 0.0847. The van der Waals surface area contributed by atoms with Gasteiger partial charge in [0.1, 0.15) is 0 Å². The normalized spacial score (nSPS) is 12.5. The molecule has 0 aliphatic rings. The zero-order valence-corrected chi connectivity index (χ0v) is 13.1. The first-order valence-electron chi connectivity index (χ1n) is 6.64. The smallest absolute Gasteiger partial charge is 0.284 e. The Hall–Kier alpha value is -2.62. The van der Waals surface area contributed by atoms with E-state index in [1.54, 1.807) is 18.2 Å². The van der Waals surface area contributed by atoms with Crippen LogP contribution in [0, 0.1) is 0 Å². The Labute approximate surface area is 135 Å². The lowest BCUT2D eigenvalue weighted by atomic mass is 10.1. The topological polar surface area (TPSA) is 76.4 Å². The van der Waals surface area contributed by atoms with Gasteiger partial charge in [-0.1, -0.05) is 12.1 Å². The van der Waals surface area contributed by atoms with E-state index in [1.807, 2.05) is 0 Å². The highest BCUT2D eigenvalue weighted by atomic mass is 32.2. The van der Waals surface area contributed by atoms with E-state index in [1.165, 1.54) is 24.4 Å². The molecule has 0 fully saturated rings. The summed E-state index contributed by atoms with van der Waals surface area (Å²) in [6.07, 6.45) is -2.29. The molecule has 6 nitrogen and oxygen atoms in total. The van der Waals surface area contributed by atoms with Crippen LogP contribution in [-0.4, -0.2) is 29.3 Å². The van der Waals surface area contributed by atoms with Crippen LogP contribution in [0.3, 0.4) is 0 Å². The molecule has 3 rings (SSSR count). The van der Waals surface area contributed by atoms with Gasteiger partial charge in [-0.2, -0.15) is 13.2 Å². The van der Waals surface area contributed by atoms with Crippen molar-refractivity contribution in [3.63, 3.8) is 0 Å². The third-order valence-electron chi connectivity index (χ3n) is 3.18. The molecule has 0 spiro atoms. The molecule has 10 heteroatoms. The minimum Gasteiger partial charge on any atom is -0.284 e. The maximum Gasteiger partial charge on any atom is 0.452 e. The maximum absolute atomic E-state index is 12.9. The summed E-state index contributed by atoms with van der Waals surface area (Å²) in [4.78, 5) is 0. The van der Waals surface area contributed by atoms with Crippen molar-refractivity contribution in [2.75, 3.05) is 11.0 Å². The number of hydrogen-bond donors (Lipinski definition) is 1. The van der Waals surface area contributed by atoms with E-state index < -0.39 is 22.0 Å². The summed E-state index contributed by atoms with van der Waals surface area (Å²) < 4.78 is 64.2. The van der Waals surface area contributed by atoms with Crippen molar-refractivity contribution in [1.29, 1.82) is 0 Å². The van der Waals surface area contributed by atoms with Crippen LogP contribution in [0.2, 0.25) is 0 Å². The van der Waals surface area contributed by atoms with Gasteiger partial charge in [-0.15, -0.1) is 10.2 Å². The standard InChI is InChI=1S/C14H11F3N4O2S/c1-24(22,23)20-11-5-2-9(3-6-11)10-4-7-12-18-19-13(14(15,16)17)21(12)8-10/h2-8,20H,1H3. The zero-order valence-electron chi connectivity index (χ0n) is 12.2. The number of nitrogens with one attached hydrogen (secondary N) is 1. The number of sulfonamides is 1. The molecule has 0 radical (unpaired) electrons. The van der Waals surface area contributed by atoms with E-state index in [-0.39, 0.29) is 5.65 Å². The van der Waals surface area contributed by atoms with Crippen molar-refractivity contribution in [3.8, 4) is 11.1 Å². The highest BCUT2D eigenvalue weighted by molar-refractivity contribution is 7.92. The van der Waals surface area contributed by atoms with Gasteiger partial charge in [0.15, 0.2) is 5.65 Å². The van der Waals surface area contributed by atoms with Crippen molar-refractivity contribution in [1.82, 2.24) is 14.6 Å². The summed E-state index contributed by atoms with van der Waals surface area (Å²) in [5.74, 6) is -1.10. The first-order valence-corrected chi connectivity index (χ1v) is 8.53. The second kappa shape index (κ2) is 5.48. The third kappa shape index (κ3) is 3.32. The van der Waals surface area contributed by atoms with Gasteiger partial charge in [-0.3, -0.25) is 9.12 Å². The molecule has 126 valence electrons. The van der Waals surface area contributed by atoms with Gasteiger partial charge in [0, 0.05) is 11.9 Å². The highest BCUT2D eigenvalue weighted by Crippen LogP contribution is 2.29. The van der Waals surface area contributed by atoms with E-state index in [0.29, 0.717) is 16.8 Å². The third-order valence-corrected chi connectivity index (χ3v) is 3.78. The summed E-state index contributed by atoms with van der Waals surface area (Å²) in [6, 6.07) is 9.30. The van der Waals surface area contributed by atoms with Crippen LogP contribution < -0.4 is 4.72 Å². The molecule has 0 unspecified atom stereocenters. The lowest BCUT2D eigenvalue weighted by Crippen LogP contribution is -2.10. The van der Waals surface area contributed by atoms with Crippen LogP contribution in [0.15, 0.2) is 42.6 Å². The number of fused-ring (bicyclic) bond motifs is 1. The average Bonchev–Trinajstić information content (AvgIpc) is 2.89. The van der Waals surface area contributed by atoms with Gasteiger partial charge in [-0.05, 0) is 35.4 Å². The molecule has 2 aromatic heterocycles. The van der Waals surface area contributed by atoms with Crippen LogP contribution in [0.5, 0.6) is 0 Å². The van der Waals surface area contributed by atoms with Gasteiger partial charge >= 0.3 is 6.18 Å². The second-order valence-electron chi connectivity index (χ2n) is 5.12. The molecular weight excluding hydrogens is 345 g/mol. The number of halogens is 3. The molecule has 0 amide bonds. The van der Waals surface area contributed by atoms with Crippen LogP contribution in [0.4, 0.5) is 18.9 Å². The summed E-state index contributed by atoms with van der Waals surface area (Å²) >= 11 is 0. The molecule has 1 N–H and O–H groups in total. The number of rotatable bonds is 3. The Kier molecular flexibility index (Phi) is 3.71. The number of pyridine rings is 1. The van der Waals surface area contributed by atoms with Gasteiger partial charge in [-0.25, -0.2) is 8.42 Å². The number of benzene rings is 1. The zero-order chi connectivity index (χ0) is 17.5. The average molecular weight is 356 g/mol. The number of hydrogen-bond acceptors (Lipinski definition) is 4. The minimum atomic E-state index is -4.61. The molecule has 0 aliphatic heterocycles. The molecule has 0 aliphatic carbocycles. The number of nitrogens with zero attached hydrogens (tertiary/aromatic N) is 3. The van der Waals surface area contributed by atoms with Crippen LogP contribution >= 0.6 is 0 Å². The Bertz CT molecular complexity index is 995. The second-order valence-corrected chi connectivity index (χ2v) is 6.87. The van der Waals surface area contributed by atoms with E-state index in [4.69, 9.17) is 0 Å². The first kappa shape index (κ1) is 16.2.